The molecule has 5 rings (SSSR count). The van der Waals surface area contributed by atoms with E-state index < -0.39 is 23.6 Å². The van der Waals surface area contributed by atoms with Gasteiger partial charge in [-0.2, -0.15) is 0 Å². The molecular formula is C40H57N5O5. The Kier molecular flexibility index (Phi) is 12.9. The minimum Gasteiger partial charge on any atom is -0.494 e. The van der Waals surface area contributed by atoms with Gasteiger partial charge in [0.15, 0.2) is 0 Å². The number of benzene rings is 2. The fourth-order valence-corrected chi connectivity index (χ4v) is 8.01. The molecule has 0 radical (unpaired) electrons. The third kappa shape index (κ3) is 9.44. The molecule has 0 aromatic heterocycles. The van der Waals surface area contributed by atoms with Crippen LogP contribution in [-0.2, 0) is 32.0 Å². The molecular weight excluding hydrogens is 630 g/mol. The number of ether oxygens (including phenoxy) is 1. The van der Waals surface area contributed by atoms with Crippen LogP contribution in [0.2, 0.25) is 0 Å². The van der Waals surface area contributed by atoms with Crippen LogP contribution in [0, 0.1) is 11.8 Å². The van der Waals surface area contributed by atoms with E-state index in [-0.39, 0.29) is 24.2 Å². The van der Waals surface area contributed by atoms with Gasteiger partial charge in [-0.15, -0.1) is 0 Å². The average molecular weight is 688 g/mol. The first-order valence-electron chi connectivity index (χ1n) is 18.7. The highest BCUT2D eigenvalue weighted by molar-refractivity contribution is 6.36. The molecule has 4 amide bonds. The molecule has 10 heteroatoms. The van der Waals surface area contributed by atoms with Crippen LogP contribution in [0.25, 0.3) is 0 Å². The molecule has 0 unspecified atom stereocenters. The first-order chi connectivity index (χ1) is 24.0. The van der Waals surface area contributed by atoms with Crippen LogP contribution in [0.3, 0.4) is 0 Å². The van der Waals surface area contributed by atoms with Gasteiger partial charge in [0.1, 0.15) is 5.75 Å². The van der Waals surface area contributed by atoms with Gasteiger partial charge in [-0.3, -0.25) is 24.1 Å². The molecule has 10 nitrogen and oxygen atoms in total. The van der Waals surface area contributed by atoms with Crippen LogP contribution < -0.4 is 10.1 Å². The van der Waals surface area contributed by atoms with Crippen molar-refractivity contribution in [1.29, 1.82) is 0 Å². The summed E-state index contributed by atoms with van der Waals surface area (Å²) in [4.78, 5) is 61.5. The Morgan fingerprint density at radius 2 is 1.56 bits per heavy atom. The van der Waals surface area contributed by atoms with E-state index in [1.165, 1.54) is 0 Å². The Labute approximate surface area is 298 Å². The summed E-state index contributed by atoms with van der Waals surface area (Å²) >= 11 is 0. The molecule has 0 bridgehead atoms. The maximum absolute atomic E-state index is 14.1. The number of piperazine rings is 2. The zero-order valence-electron chi connectivity index (χ0n) is 30.7. The standard InChI is InChI=1S/C40H57N5O5/c1-6-50-36-16-14-30(15-17-36)18-20-43-35(23-31-11-8-7-9-12-31)27-45(40(49)39(43)48)34(22-29(4)5)25-42-19-10-13-32(42)26-44-33(21-28(2)3)24-41-37(46)38(44)47/h7-9,11-12,14-17,28-29,32-35H,6,10,13,18-27H2,1-5H3,(H,41,46)/t32-,33-,34-,35-/m0/s1. The molecule has 3 heterocycles. The molecule has 3 aliphatic rings. The summed E-state index contributed by atoms with van der Waals surface area (Å²) in [7, 11) is 0. The number of carbonyl (C=O) groups is 4. The molecule has 3 aliphatic heterocycles. The van der Waals surface area contributed by atoms with E-state index in [2.05, 4.69) is 50.0 Å². The fourth-order valence-electron chi connectivity index (χ4n) is 8.01. The lowest BCUT2D eigenvalue weighted by Crippen LogP contribution is -2.64. The van der Waals surface area contributed by atoms with E-state index in [0.717, 1.165) is 49.1 Å². The van der Waals surface area contributed by atoms with Crippen LogP contribution in [-0.4, -0.2) is 113 Å². The van der Waals surface area contributed by atoms with E-state index in [9.17, 15) is 19.2 Å². The second-order valence-electron chi connectivity index (χ2n) is 15.2. The average Bonchev–Trinajstić information content (AvgIpc) is 3.52. The van der Waals surface area contributed by atoms with Gasteiger partial charge in [0.2, 0.25) is 0 Å². The molecule has 1 N–H and O–H groups in total. The zero-order chi connectivity index (χ0) is 35.8. The molecule has 3 fully saturated rings. The number of amides is 4. The van der Waals surface area contributed by atoms with Gasteiger partial charge in [-0.1, -0.05) is 70.2 Å². The molecule has 0 saturated carbocycles. The summed E-state index contributed by atoms with van der Waals surface area (Å²) in [5.74, 6) is -0.305. The number of nitrogens with one attached hydrogen (secondary N) is 1. The van der Waals surface area contributed by atoms with Crippen molar-refractivity contribution in [2.24, 2.45) is 11.8 Å². The van der Waals surface area contributed by atoms with Gasteiger partial charge in [0, 0.05) is 50.8 Å². The Morgan fingerprint density at radius 3 is 2.24 bits per heavy atom. The predicted molar refractivity (Wildman–Crippen MR) is 194 cm³/mol. The summed E-state index contributed by atoms with van der Waals surface area (Å²) in [6.45, 7) is 14.6. The lowest BCUT2D eigenvalue weighted by atomic mass is 9.96. The smallest absolute Gasteiger partial charge is 0.312 e. The maximum Gasteiger partial charge on any atom is 0.312 e. The van der Waals surface area contributed by atoms with Crippen LogP contribution in [0.4, 0.5) is 0 Å². The number of rotatable bonds is 16. The van der Waals surface area contributed by atoms with Crippen molar-refractivity contribution in [2.45, 2.75) is 97.3 Å². The SMILES string of the molecule is CCOc1ccc(CCN2C(=O)C(=O)N([C@@H](CC(C)C)CN3CCC[C@H]3CN3C(=O)C(=O)NC[C@@H]3CC(C)C)C[C@@H]2Cc2ccccc2)cc1. The van der Waals surface area contributed by atoms with E-state index in [4.69, 9.17) is 4.74 Å². The van der Waals surface area contributed by atoms with Crippen LogP contribution >= 0.6 is 0 Å². The predicted octanol–water partition coefficient (Wildman–Crippen LogP) is 4.16. The first-order valence-corrected chi connectivity index (χ1v) is 18.7. The van der Waals surface area contributed by atoms with E-state index in [0.29, 0.717) is 64.0 Å². The third-order valence-corrected chi connectivity index (χ3v) is 10.4. The number of hydrogen-bond acceptors (Lipinski definition) is 6. The van der Waals surface area contributed by atoms with Crippen LogP contribution in [0.5, 0.6) is 5.75 Å². The second kappa shape index (κ2) is 17.3. The van der Waals surface area contributed by atoms with Gasteiger partial charge < -0.3 is 24.8 Å². The van der Waals surface area contributed by atoms with Gasteiger partial charge >= 0.3 is 23.6 Å². The van der Waals surface area contributed by atoms with Gasteiger partial charge in [-0.05, 0) is 87.1 Å². The Morgan fingerprint density at radius 1 is 0.820 bits per heavy atom. The number of hydrogen-bond donors (Lipinski definition) is 1. The minimum absolute atomic E-state index is 0.0252. The summed E-state index contributed by atoms with van der Waals surface area (Å²) in [6, 6.07) is 17.9. The Hall–Kier alpha value is -3.92. The Bertz CT molecular complexity index is 1450. The van der Waals surface area contributed by atoms with Gasteiger partial charge in [0.25, 0.3) is 0 Å². The number of nitrogens with zero attached hydrogens (tertiary/aromatic N) is 4. The zero-order valence-corrected chi connectivity index (χ0v) is 30.7. The van der Waals surface area contributed by atoms with Crippen molar-refractivity contribution < 1.29 is 23.9 Å². The summed E-state index contributed by atoms with van der Waals surface area (Å²) in [5, 5.41) is 2.78. The van der Waals surface area contributed by atoms with Crippen molar-refractivity contribution in [3.05, 3.63) is 65.7 Å². The molecule has 50 heavy (non-hydrogen) atoms. The van der Waals surface area contributed by atoms with Crippen molar-refractivity contribution in [2.75, 3.05) is 45.9 Å². The quantitative estimate of drug-likeness (QED) is 0.266. The highest BCUT2D eigenvalue weighted by atomic mass is 16.5. The highest BCUT2D eigenvalue weighted by Crippen LogP contribution is 2.27. The molecule has 272 valence electrons. The molecule has 2 aromatic carbocycles. The third-order valence-electron chi connectivity index (χ3n) is 10.4. The molecule has 0 aliphatic carbocycles. The molecule has 4 atom stereocenters. The van der Waals surface area contributed by atoms with Crippen LogP contribution in [0.15, 0.2) is 54.6 Å². The fraction of sp³-hybridized carbons (Fsp3) is 0.600. The number of likely N-dealkylation sites (tertiary alicyclic amines) is 1. The largest absolute Gasteiger partial charge is 0.494 e. The summed E-state index contributed by atoms with van der Waals surface area (Å²) in [6.07, 6.45) is 4.83. The first kappa shape index (κ1) is 37.3. The molecule has 0 spiro atoms. The lowest BCUT2D eigenvalue weighted by molar-refractivity contribution is -0.161. The van der Waals surface area contributed by atoms with Gasteiger partial charge in [0.05, 0.1) is 12.6 Å². The topological polar surface area (TPSA) is 102 Å². The normalized spacial score (nSPS) is 22.5. The van der Waals surface area contributed by atoms with Gasteiger partial charge in [-0.25, -0.2) is 0 Å². The van der Waals surface area contributed by atoms with Crippen molar-refractivity contribution in [3.8, 4) is 5.75 Å². The monoisotopic (exact) mass is 687 g/mol. The van der Waals surface area contributed by atoms with E-state index in [1.807, 2.05) is 54.3 Å². The van der Waals surface area contributed by atoms with Crippen LogP contribution in [0.1, 0.15) is 71.4 Å². The minimum atomic E-state index is -0.527. The van der Waals surface area contributed by atoms with Crippen molar-refractivity contribution >= 4 is 23.6 Å². The summed E-state index contributed by atoms with van der Waals surface area (Å²) < 4.78 is 5.60. The number of carbonyl (C=O) groups excluding carboxylic acids is 4. The molecule has 3 saturated heterocycles. The molecule has 2 aromatic rings. The summed E-state index contributed by atoms with van der Waals surface area (Å²) in [5.41, 5.74) is 2.23. The Balaban J connectivity index is 1.34. The van der Waals surface area contributed by atoms with Crippen molar-refractivity contribution in [1.82, 2.24) is 24.9 Å². The second-order valence-corrected chi connectivity index (χ2v) is 15.2. The maximum atomic E-state index is 14.1. The van der Waals surface area contributed by atoms with E-state index in [1.54, 1.807) is 9.80 Å². The van der Waals surface area contributed by atoms with Crippen molar-refractivity contribution in [3.63, 3.8) is 0 Å². The highest BCUT2D eigenvalue weighted by Gasteiger charge is 2.43. The van der Waals surface area contributed by atoms with E-state index >= 15 is 0 Å². The lowest BCUT2D eigenvalue weighted by Gasteiger charge is -2.46.